The Balaban J connectivity index is 1.48. The molecule has 0 spiro atoms. The van der Waals surface area contributed by atoms with Gasteiger partial charge in [-0.2, -0.15) is 10.5 Å². The molecule has 0 atom stereocenters. The summed E-state index contributed by atoms with van der Waals surface area (Å²) in [7, 11) is 1.63. The number of hydrazine groups is 2. The molecule has 0 saturated carbocycles. The van der Waals surface area contributed by atoms with E-state index in [2.05, 4.69) is 44.5 Å². The number of nitrogens with zero attached hydrogens (tertiary/aromatic N) is 5. The fourth-order valence-corrected chi connectivity index (χ4v) is 3.71. The molecule has 35 heavy (non-hydrogen) atoms. The maximum Gasteiger partial charge on any atom is 0.223 e. The standard InChI is InChI=1S/C24H30N8O3/c1-5-7-17(8-6-2)13-34-15-27-31-29-23-19-11-18(33-4)9-10-20(19)32-14-26-22(21(32)12-25-23)24-28-16(3)35-30-24/h5,7-11,14,27,31H,6,12-13,15H2,1-4H3,(H,25,29)/b7-5-,17-8+. The predicted molar refractivity (Wildman–Crippen MR) is 132 cm³/mol. The Kier molecular flexibility index (Phi) is 8.03. The number of imidazole rings is 1. The highest BCUT2D eigenvalue weighted by Gasteiger charge is 2.24. The zero-order valence-electron chi connectivity index (χ0n) is 20.3. The van der Waals surface area contributed by atoms with Crippen molar-refractivity contribution < 1.29 is 14.0 Å². The Morgan fingerprint density at radius 1 is 1.31 bits per heavy atom. The van der Waals surface area contributed by atoms with E-state index in [1.54, 1.807) is 20.4 Å². The van der Waals surface area contributed by atoms with Crippen LogP contribution in [0.1, 0.15) is 37.4 Å². The number of hydrogen-bond donors (Lipinski definition) is 3. The van der Waals surface area contributed by atoms with Gasteiger partial charge in [0.1, 0.15) is 30.3 Å². The van der Waals surface area contributed by atoms with E-state index in [0.29, 0.717) is 48.9 Å². The molecule has 4 rings (SSSR count). The van der Waals surface area contributed by atoms with E-state index in [-0.39, 0.29) is 0 Å². The van der Waals surface area contributed by atoms with Gasteiger partial charge < -0.3 is 14.0 Å². The lowest BCUT2D eigenvalue weighted by Gasteiger charge is -2.15. The Morgan fingerprint density at radius 3 is 2.94 bits per heavy atom. The van der Waals surface area contributed by atoms with Crippen LogP contribution >= 0.6 is 0 Å². The van der Waals surface area contributed by atoms with E-state index >= 15 is 0 Å². The number of fused-ring (bicyclic) bond motifs is 3. The van der Waals surface area contributed by atoms with Gasteiger partial charge in [-0.15, -0.1) is 0 Å². The number of rotatable bonds is 10. The van der Waals surface area contributed by atoms with E-state index in [0.717, 1.165) is 28.9 Å². The van der Waals surface area contributed by atoms with Crippen molar-refractivity contribution in [3.05, 3.63) is 65.5 Å². The van der Waals surface area contributed by atoms with Crippen molar-refractivity contribution in [2.24, 2.45) is 4.99 Å². The van der Waals surface area contributed by atoms with Crippen molar-refractivity contribution >= 4 is 5.84 Å². The summed E-state index contributed by atoms with van der Waals surface area (Å²) in [5.41, 5.74) is 13.5. The first-order chi connectivity index (χ1) is 17.1. The molecule has 1 aliphatic rings. The average molecular weight is 479 g/mol. The number of benzene rings is 1. The van der Waals surface area contributed by atoms with Crippen LogP contribution in [0.3, 0.4) is 0 Å². The van der Waals surface area contributed by atoms with Crippen molar-refractivity contribution in [2.45, 2.75) is 33.7 Å². The maximum atomic E-state index is 5.70. The molecule has 3 aromatic rings. The molecule has 11 heteroatoms. The molecule has 0 saturated heterocycles. The number of aliphatic imine (C=N–C) groups is 1. The molecule has 3 N–H and O–H groups in total. The van der Waals surface area contributed by atoms with E-state index in [9.17, 15) is 0 Å². The normalized spacial score (nSPS) is 13.4. The van der Waals surface area contributed by atoms with Crippen LogP contribution in [0.25, 0.3) is 17.2 Å². The highest BCUT2D eigenvalue weighted by Crippen LogP contribution is 2.29. The van der Waals surface area contributed by atoms with Crippen molar-refractivity contribution in [3.8, 4) is 23.0 Å². The van der Waals surface area contributed by atoms with Crippen LogP contribution in [0.15, 0.2) is 57.8 Å². The van der Waals surface area contributed by atoms with Crippen molar-refractivity contribution in [1.82, 2.24) is 36.1 Å². The minimum atomic E-state index is 0.301. The number of aromatic nitrogens is 4. The van der Waals surface area contributed by atoms with Crippen LogP contribution in [0.5, 0.6) is 5.75 Å². The Bertz CT molecular complexity index is 1240. The topological polar surface area (TPSA) is 124 Å². The van der Waals surface area contributed by atoms with E-state index < -0.39 is 0 Å². The van der Waals surface area contributed by atoms with Crippen molar-refractivity contribution in [3.63, 3.8) is 0 Å². The third-order valence-electron chi connectivity index (χ3n) is 5.27. The molecule has 0 amide bonds. The number of ether oxygens (including phenoxy) is 2. The molecule has 2 aromatic heterocycles. The van der Waals surface area contributed by atoms with E-state index in [1.165, 1.54) is 0 Å². The minimum absolute atomic E-state index is 0.301. The third kappa shape index (κ3) is 5.65. The minimum Gasteiger partial charge on any atom is -0.497 e. The first-order valence-corrected chi connectivity index (χ1v) is 11.4. The summed E-state index contributed by atoms with van der Waals surface area (Å²) in [4.78, 5) is 13.6. The molecule has 11 nitrogen and oxygen atoms in total. The highest BCUT2D eigenvalue weighted by atomic mass is 16.5. The number of methoxy groups -OCH3 is 1. The number of hydrogen-bond acceptors (Lipinski definition) is 10. The summed E-state index contributed by atoms with van der Waals surface area (Å²) in [6, 6.07) is 5.79. The second-order valence-corrected chi connectivity index (χ2v) is 7.70. The molecule has 0 bridgehead atoms. The lowest BCUT2D eigenvalue weighted by molar-refractivity contribution is 0.124. The maximum absolute atomic E-state index is 5.70. The number of amidine groups is 1. The predicted octanol–water partition coefficient (Wildman–Crippen LogP) is 2.98. The smallest absolute Gasteiger partial charge is 0.223 e. The lowest BCUT2D eigenvalue weighted by atomic mass is 10.1. The Morgan fingerprint density at radius 2 is 2.20 bits per heavy atom. The summed E-state index contributed by atoms with van der Waals surface area (Å²) >= 11 is 0. The van der Waals surface area contributed by atoms with Gasteiger partial charge in [-0.05, 0) is 37.1 Å². The van der Waals surface area contributed by atoms with Crippen molar-refractivity contribution in [2.75, 3.05) is 20.4 Å². The number of nitrogens with one attached hydrogen (secondary N) is 3. The van der Waals surface area contributed by atoms with E-state index in [1.807, 2.05) is 41.8 Å². The number of allylic oxidation sites excluding steroid dienone is 2. The third-order valence-corrected chi connectivity index (χ3v) is 5.27. The summed E-state index contributed by atoms with van der Waals surface area (Å²) in [6.45, 7) is 7.02. The largest absolute Gasteiger partial charge is 0.497 e. The first kappa shape index (κ1) is 24.3. The highest BCUT2D eigenvalue weighted by molar-refractivity contribution is 6.02. The summed E-state index contributed by atoms with van der Waals surface area (Å²) < 4.78 is 18.3. The molecule has 0 unspecified atom stereocenters. The quantitative estimate of drug-likeness (QED) is 0.175. The second-order valence-electron chi connectivity index (χ2n) is 7.70. The Hall–Kier alpha value is -3.80. The fraction of sp³-hybridized carbons (Fsp3) is 0.333. The van der Waals surface area contributed by atoms with E-state index in [4.69, 9.17) is 19.0 Å². The van der Waals surface area contributed by atoms with Gasteiger partial charge >= 0.3 is 0 Å². The second kappa shape index (κ2) is 11.6. The van der Waals surface area contributed by atoms with Gasteiger partial charge in [0.15, 0.2) is 0 Å². The van der Waals surface area contributed by atoms with Crippen LogP contribution in [0, 0.1) is 6.92 Å². The number of aryl methyl sites for hydroxylation is 1. The fourth-order valence-electron chi connectivity index (χ4n) is 3.71. The van der Waals surface area contributed by atoms with Gasteiger partial charge in [-0.3, -0.25) is 15.0 Å². The molecule has 0 fully saturated rings. The van der Waals surface area contributed by atoms with Gasteiger partial charge in [-0.1, -0.05) is 30.3 Å². The molecule has 0 radical (unpaired) electrons. The summed E-state index contributed by atoms with van der Waals surface area (Å²) in [5, 5.41) is 4.02. The lowest BCUT2D eigenvalue weighted by Crippen LogP contribution is -2.47. The van der Waals surface area contributed by atoms with Gasteiger partial charge in [0.05, 0.1) is 31.6 Å². The molecule has 1 aliphatic heterocycles. The zero-order chi connectivity index (χ0) is 24.6. The summed E-state index contributed by atoms with van der Waals surface area (Å²) in [6.07, 6.45) is 8.90. The van der Waals surface area contributed by atoms with Crippen LogP contribution in [0.2, 0.25) is 0 Å². The molecular formula is C24H30N8O3. The SMILES string of the molecule is C/C=C\C(=C/CC)COCNNNC1=NCc2c(-c3noc(C)n3)ncn2-c2ccc(OC)cc21. The Labute approximate surface area is 203 Å². The van der Waals surface area contributed by atoms with Crippen LogP contribution in [0.4, 0.5) is 0 Å². The van der Waals surface area contributed by atoms with Crippen LogP contribution in [-0.4, -0.2) is 46.0 Å². The first-order valence-electron chi connectivity index (χ1n) is 11.4. The van der Waals surface area contributed by atoms with Gasteiger partial charge in [-0.25, -0.2) is 10.4 Å². The van der Waals surface area contributed by atoms with Crippen LogP contribution < -0.4 is 21.1 Å². The van der Waals surface area contributed by atoms with Gasteiger partial charge in [0.2, 0.25) is 11.7 Å². The molecule has 184 valence electrons. The molecule has 3 heterocycles. The molecule has 1 aromatic carbocycles. The average Bonchev–Trinajstić information content (AvgIpc) is 3.45. The van der Waals surface area contributed by atoms with Gasteiger partial charge in [0.25, 0.3) is 0 Å². The molecule has 0 aliphatic carbocycles. The van der Waals surface area contributed by atoms with Crippen molar-refractivity contribution in [1.29, 1.82) is 0 Å². The zero-order valence-corrected chi connectivity index (χ0v) is 20.3. The monoisotopic (exact) mass is 478 g/mol. The van der Waals surface area contributed by atoms with Gasteiger partial charge in [0, 0.05) is 12.5 Å². The molecular weight excluding hydrogens is 448 g/mol. The van der Waals surface area contributed by atoms with Crippen LogP contribution in [-0.2, 0) is 11.3 Å². The summed E-state index contributed by atoms with van der Waals surface area (Å²) in [5.74, 6) is 2.26.